The van der Waals surface area contributed by atoms with E-state index in [9.17, 15) is 9.59 Å². The van der Waals surface area contributed by atoms with Gasteiger partial charge in [-0.05, 0) is 18.9 Å². The molecular formula is C17H16N4O3S. The fraction of sp³-hybridized carbons (Fsp3) is 0.294. The van der Waals surface area contributed by atoms with Gasteiger partial charge in [0, 0.05) is 29.2 Å². The Bertz CT molecular complexity index is 962. The third-order valence-corrected chi connectivity index (χ3v) is 5.30. The number of hydrogen-bond donors (Lipinski definition) is 0. The molecule has 3 aromatic rings. The van der Waals surface area contributed by atoms with E-state index in [0.29, 0.717) is 42.8 Å². The maximum atomic E-state index is 12.9. The van der Waals surface area contributed by atoms with Crippen molar-refractivity contribution in [1.29, 1.82) is 0 Å². The standard InChI is InChI=1S/C17H16N4O3S/c1-2-24-17(23)13-10-25-15-9-20(5-3-11(13)15)16(22)12-7-19-21-6-4-18-8-14(12)21/h4,6-8,10H,2-3,5,9H2,1H3. The van der Waals surface area contributed by atoms with Gasteiger partial charge >= 0.3 is 5.97 Å². The van der Waals surface area contributed by atoms with Gasteiger partial charge in [0.05, 0.1) is 42.2 Å². The largest absolute Gasteiger partial charge is 0.462 e. The van der Waals surface area contributed by atoms with Gasteiger partial charge in [-0.1, -0.05) is 0 Å². The monoisotopic (exact) mass is 356 g/mol. The lowest BCUT2D eigenvalue weighted by molar-refractivity contribution is 0.0525. The molecule has 8 heteroatoms. The molecule has 0 saturated heterocycles. The molecule has 4 heterocycles. The van der Waals surface area contributed by atoms with E-state index < -0.39 is 0 Å². The minimum Gasteiger partial charge on any atom is -0.462 e. The summed E-state index contributed by atoms with van der Waals surface area (Å²) < 4.78 is 6.74. The zero-order valence-electron chi connectivity index (χ0n) is 13.6. The number of ether oxygens (including phenoxy) is 1. The van der Waals surface area contributed by atoms with Crippen LogP contribution in [0.1, 0.15) is 38.1 Å². The van der Waals surface area contributed by atoms with Gasteiger partial charge in [-0.3, -0.25) is 9.78 Å². The number of carbonyl (C=O) groups excluding carboxylic acids is 2. The SMILES string of the molecule is CCOC(=O)c1csc2c1CCN(C(=O)c1cnn3ccncc13)C2. The average molecular weight is 356 g/mol. The van der Waals surface area contributed by atoms with E-state index in [1.807, 2.05) is 5.38 Å². The van der Waals surface area contributed by atoms with Gasteiger partial charge in [-0.25, -0.2) is 9.31 Å². The third-order valence-electron chi connectivity index (χ3n) is 4.28. The predicted molar refractivity (Wildman–Crippen MR) is 91.7 cm³/mol. The maximum Gasteiger partial charge on any atom is 0.339 e. The fourth-order valence-electron chi connectivity index (χ4n) is 3.05. The summed E-state index contributed by atoms with van der Waals surface area (Å²) >= 11 is 1.50. The van der Waals surface area contributed by atoms with Crippen molar-refractivity contribution < 1.29 is 14.3 Å². The number of aromatic nitrogens is 3. The second-order valence-corrected chi connectivity index (χ2v) is 6.68. The van der Waals surface area contributed by atoms with Gasteiger partial charge in [-0.2, -0.15) is 5.10 Å². The quantitative estimate of drug-likeness (QED) is 0.672. The minimum atomic E-state index is -0.284. The van der Waals surface area contributed by atoms with Crippen LogP contribution in [-0.4, -0.2) is 44.5 Å². The molecule has 3 aromatic heterocycles. The lowest BCUT2D eigenvalue weighted by Crippen LogP contribution is -2.35. The molecule has 25 heavy (non-hydrogen) atoms. The van der Waals surface area contributed by atoms with Gasteiger partial charge in [-0.15, -0.1) is 11.3 Å². The van der Waals surface area contributed by atoms with E-state index in [2.05, 4.69) is 10.1 Å². The molecule has 128 valence electrons. The molecule has 0 atom stereocenters. The summed E-state index contributed by atoms with van der Waals surface area (Å²) in [5.74, 6) is -0.354. The van der Waals surface area contributed by atoms with Crippen molar-refractivity contribution in [3.63, 3.8) is 0 Å². The van der Waals surface area contributed by atoms with E-state index in [0.717, 1.165) is 10.4 Å². The van der Waals surface area contributed by atoms with Crippen molar-refractivity contribution in [3.05, 3.63) is 51.7 Å². The number of nitrogens with zero attached hydrogens (tertiary/aromatic N) is 4. The van der Waals surface area contributed by atoms with Crippen LogP contribution in [0.25, 0.3) is 5.52 Å². The van der Waals surface area contributed by atoms with E-state index in [4.69, 9.17) is 4.74 Å². The predicted octanol–water partition coefficient (Wildman–Crippen LogP) is 2.17. The summed E-state index contributed by atoms with van der Waals surface area (Å²) in [6.07, 6.45) is 7.21. The first-order valence-electron chi connectivity index (χ1n) is 8.02. The molecule has 0 fully saturated rings. The Balaban J connectivity index is 1.58. The van der Waals surface area contributed by atoms with Gasteiger partial charge in [0.2, 0.25) is 0 Å². The highest BCUT2D eigenvalue weighted by atomic mass is 32.1. The summed E-state index contributed by atoms with van der Waals surface area (Å²) in [6, 6.07) is 0. The Morgan fingerprint density at radius 1 is 1.32 bits per heavy atom. The number of thiophene rings is 1. The Kier molecular flexibility index (Phi) is 3.96. The number of esters is 1. The van der Waals surface area contributed by atoms with Crippen LogP contribution in [-0.2, 0) is 17.7 Å². The molecule has 0 saturated carbocycles. The van der Waals surface area contributed by atoms with Crippen LogP contribution >= 0.6 is 11.3 Å². The molecule has 0 bridgehead atoms. The molecule has 4 rings (SSSR count). The van der Waals surface area contributed by atoms with Crippen LogP contribution in [0.3, 0.4) is 0 Å². The van der Waals surface area contributed by atoms with Crippen LogP contribution in [0, 0.1) is 0 Å². The topological polar surface area (TPSA) is 76.8 Å². The smallest absolute Gasteiger partial charge is 0.339 e. The van der Waals surface area contributed by atoms with Crippen LogP contribution < -0.4 is 0 Å². The van der Waals surface area contributed by atoms with Gasteiger partial charge in [0.15, 0.2) is 0 Å². The molecule has 7 nitrogen and oxygen atoms in total. The Morgan fingerprint density at radius 2 is 2.20 bits per heavy atom. The summed E-state index contributed by atoms with van der Waals surface area (Å²) in [4.78, 5) is 31.8. The van der Waals surface area contributed by atoms with Crippen LogP contribution in [0.5, 0.6) is 0 Å². The molecule has 0 radical (unpaired) electrons. The summed E-state index contributed by atoms with van der Waals surface area (Å²) in [7, 11) is 0. The molecule has 0 aliphatic carbocycles. The van der Waals surface area contributed by atoms with Crippen molar-refractivity contribution in [3.8, 4) is 0 Å². The van der Waals surface area contributed by atoms with Crippen molar-refractivity contribution in [2.75, 3.05) is 13.2 Å². The minimum absolute atomic E-state index is 0.0697. The summed E-state index contributed by atoms with van der Waals surface area (Å²) in [5.41, 5.74) is 2.87. The Labute approximate surface area is 147 Å². The first kappa shape index (κ1) is 15.8. The number of amides is 1. The fourth-order valence-corrected chi connectivity index (χ4v) is 4.13. The lowest BCUT2D eigenvalue weighted by Gasteiger charge is -2.27. The van der Waals surface area contributed by atoms with Crippen molar-refractivity contribution >= 4 is 28.7 Å². The van der Waals surface area contributed by atoms with Crippen molar-refractivity contribution in [1.82, 2.24) is 19.5 Å². The highest BCUT2D eigenvalue weighted by molar-refractivity contribution is 7.10. The molecule has 0 unspecified atom stereocenters. The van der Waals surface area contributed by atoms with Gasteiger partial charge in [0.25, 0.3) is 5.91 Å². The first-order valence-corrected chi connectivity index (χ1v) is 8.90. The van der Waals surface area contributed by atoms with Gasteiger partial charge in [0.1, 0.15) is 0 Å². The number of fused-ring (bicyclic) bond motifs is 2. The van der Waals surface area contributed by atoms with Crippen LogP contribution in [0.2, 0.25) is 0 Å². The zero-order chi connectivity index (χ0) is 17.4. The van der Waals surface area contributed by atoms with Crippen LogP contribution in [0.15, 0.2) is 30.2 Å². The van der Waals surface area contributed by atoms with Gasteiger partial charge < -0.3 is 9.64 Å². The Morgan fingerprint density at radius 3 is 3.04 bits per heavy atom. The number of carbonyl (C=O) groups is 2. The Hall–Kier alpha value is -2.74. The number of rotatable bonds is 3. The highest BCUT2D eigenvalue weighted by Gasteiger charge is 2.28. The van der Waals surface area contributed by atoms with E-state index in [1.165, 1.54) is 11.3 Å². The summed E-state index contributed by atoms with van der Waals surface area (Å²) in [5, 5.41) is 6.03. The van der Waals surface area contributed by atoms with E-state index >= 15 is 0 Å². The van der Waals surface area contributed by atoms with Crippen molar-refractivity contribution in [2.45, 2.75) is 19.9 Å². The van der Waals surface area contributed by atoms with E-state index in [-0.39, 0.29) is 11.9 Å². The number of hydrogen-bond acceptors (Lipinski definition) is 6. The maximum absolute atomic E-state index is 12.9. The van der Waals surface area contributed by atoms with Crippen molar-refractivity contribution in [2.24, 2.45) is 0 Å². The lowest BCUT2D eigenvalue weighted by atomic mass is 10.0. The molecule has 1 amide bonds. The second kappa shape index (κ2) is 6.29. The second-order valence-electron chi connectivity index (χ2n) is 5.71. The summed E-state index contributed by atoms with van der Waals surface area (Å²) in [6.45, 7) is 3.21. The molecule has 1 aliphatic rings. The normalized spacial score (nSPS) is 13.7. The third kappa shape index (κ3) is 2.68. The zero-order valence-corrected chi connectivity index (χ0v) is 14.5. The van der Waals surface area contributed by atoms with Crippen LogP contribution in [0.4, 0.5) is 0 Å². The highest BCUT2D eigenvalue weighted by Crippen LogP contribution is 2.30. The van der Waals surface area contributed by atoms with E-state index in [1.54, 1.807) is 41.1 Å². The molecule has 1 aliphatic heterocycles. The molecule has 0 spiro atoms. The average Bonchev–Trinajstić information content (AvgIpc) is 3.25. The molecule has 0 N–H and O–H groups in total. The molecule has 0 aromatic carbocycles. The first-order chi connectivity index (χ1) is 12.2. The molecular weight excluding hydrogens is 340 g/mol.